The van der Waals surface area contributed by atoms with Gasteiger partial charge in [-0.15, -0.1) is 5.10 Å². The largest absolute Gasteiger partial charge is 0.495 e. The van der Waals surface area contributed by atoms with Crippen LogP contribution >= 0.6 is 11.6 Å². The zero-order valence-electron chi connectivity index (χ0n) is 14.4. The van der Waals surface area contributed by atoms with Crippen LogP contribution < -0.4 is 10.1 Å². The Labute approximate surface area is 151 Å². The summed E-state index contributed by atoms with van der Waals surface area (Å²) in [5.41, 5.74) is 1.25. The minimum Gasteiger partial charge on any atom is -0.495 e. The van der Waals surface area contributed by atoms with Gasteiger partial charge in [-0.3, -0.25) is 0 Å². The molecule has 0 saturated heterocycles. The number of methoxy groups -OCH3 is 1. The number of anilines is 1. The highest BCUT2D eigenvalue weighted by atomic mass is 35.5. The van der Waals surface area contributed by atoms with E-state index in [-0.39, 0.29) is 0 Å². The molecule has 1 atom stereocenters. The minimum atomic E-state index is -0.488. The molecule has 25 heavy (non-hydrogen) atoms. The molecule has 0 aliphatic heterocycles. The molecule has 0 aliphatic rings. The Bertz CT molecular complexity index is 849. The molecule has 0 amide bonds. The molecule has 0 fully saturated rings. The van der Waals surface area contributed by atoms with Gasteiger partial charge in [0.2, 0.25) is 0 Å². The molecule has 0 bridgehead atoms. The van der Waals surface area contributed by atoms with Crippen molar-refractivity contribution in [2.24, 2.45) is 0 Å². The second kappa shape index (κ2) is 7.11. The molecule has 1 heterocycles. The predicted octanol–water partition coefficient (Wildman–Crippen LogP) is 4.06. The maximum atomic E-state index is 5.98. The van der Waals surface area contributed by atoms with Crippen molar-refractivity contribution in [2.75, 3.05) is 12.4 Å². The molecule has 3 aromatic rings. The molecular formula is C18H20ClN5O. The number of hydrogen-bond donors (Lipinski definition) is 1. The van der Waals surface area contributed by atoms with Crippen molar-refractivity contribution < 1.29 is 4.74 Å². The fraction of sp³-hybridized carbons (Fsp3) is 0.278. The van der Waals surface area contributed by atoms with Crippen LogP contribution in [0.1, 0.15) is 26.1 Å². The lowest BCUT2D eigenvalue weighted by molar-refractivity contribution is 0.411. The van der Waals surface area contributed by atoms with Crippen LogP contribution in [0.25, 0.3) is 5.69 Å². The lowest BCUT2D eigenvalue weighted by Crippen LogP contribution is -2.34. The highest BCUT2D eigenvalue weighted by Crippen LogP contribution is 2.33. The van der Waals surface area contributed by atoms with Crippen LogP contribution in [0.5, 0.6) is 5.75 Å². The molecule has 2 aromatic carbocycles. The third-order valence-corrected chi connectivity index (χ3v) is 4.51. The summed E-state index contributed by atoms with van der Waals surface area (Å²) in [4.78, 5) is 0. The molecule has 3 rings (SSSR count). The molecular weight excluding hydrogens is 338 g/mol. The Morgan fingerprint density at radius 2 is 1.88 bits per heavy atom. The van der Waals surface area contributed by atoms with Gasteiger partial charge in [-0.2, -0.15) is 4.68 Å². The van der Waals surface area contributed by atoms with E-state index in [1.54, 1.807) is 11.8 Å². The third kappa shape index (κ3) is 3.44. The number of nitrogens with one attached hydrogen (secondary N) is 1. The van der Waals surface area contributed by atoms with Crippen molar-refractivity contribution in [3.63, 3.8) is 0 Å². The van der Waals surface area contributed by atoms with Gasteiger partial charge in [0.15, 0.2) is 5.82 Å². The van der Waals surface area contributed by atoms with Gasteiger partial charge in [-0.05, 0) is 60.2 Å². The Hall–Kier alpha value is -2.60. The number of tetrazole rings is 1. The van der Waals surface area contributed by atoms with Gasteiger partial charge in [-0.1, -0.05) is 30.7 Å². The molecule has 1 N–H and O–H groups in total. The van der Waals surface area contributed by atoms with Gasteiger partial charge in [0, 0.05) is 5.02 Å². The van der Waals surface area contributed by atoms with E-state index in [4.69, 9.17) is 16.3 Å². The summed E-state index contributed by atoms with van der Waals surface area (Å²) in [5, 5.41) is 16.5. The monoisotopic (exact) mass is 357 g/mol. The summed E-state index contributed by atoms with van der Waals surface area (Å²) in [5.74, 6) is 1.48. The zero-order valence-corrected chi connectivity index (χ0v) is 15.2. The fourth-order valence-corrected chi connectivity index (χ4v) is 2.76. The second-order valence-electron chi connectivity index (χ2n) is 5.90. The van der Waals surface area contributed by atoms with Crippen LogP contribution in [0.4, 0.5) is 5.69 Å². The van der Waals surface area contributed by atoms with Crippen LogP contribution in [0.3, 0.4) is 0 Å². The number of hydrogen-bond acceptors (Lipinski definition) is 5. The standard InChI is InChI=1S/C18H20ClN5O/c1-4-18(2,20-15-7-5-6-8-16(15)25-3)17-21-22-23-24(17)14-11-9-13(19)10-12-14/h5-12,20H,4H2,1-3H3/t18-/m1/s1. The maximum absolute atomic E-state index is 5.98. The van der Waals surface area contributed by atoms with Crippen molar-refractivity contribution in [3.05, 3.63) is 59.4 Å². The number of halogens is 1. The summed E-state index contributed by atoms with van der Waals surface area (Å²) in [6, 6.07) is 15.2. The van der Waals surface area contributed by atoms with Gasteiger partial charge in [0.1, 0.15) is 5.75 Å². The summed E-state index contributed by atoms with van der Waals surface area (Å²) in [6.45, 7) is 4.15. The van der Waals surface area contributed by atoms with Gasteiger partial charge in [0.05, 0.1) is 24.0 Å². The van der Waals surface area contributed by atoms with Crippen molar-refractivity contribution >= 4 is 17.3 Å². The van der Waals surface area contributed by atoms with Crippen LogP contribution in [0.2, 0.25) is 5.02 Å². The second-order valence-corrected chi connectivity index (χ2v) is 6.34. The van der Waals surface area contributed by atoms with E-state index >= 15 is 0 Å². The quantitative estimate of drug-likeness (QED) is 0.720. The Kier molecular flexibility index (Phi) is 4.90. The molecule has 0 radical (unpaired) electrons. The normalized spacial score (nSPS) is 13.3. The summed E-state index contributed by atoms with van der Waals surface area (Å²) < 4.78 is 7.17. The van der Waals surface area contributed by atoms with E-state index in [9.17, 15) is 0 Å². The van der Waals surface area contributed by atoms with Gasteiger partial charge in [0.25, 0.3) is 0 Å². The molecule has 1 aromatic heterocycles. The predicted molar refractivity (Wildman–Crippen MR) is 98.4 cm³/mol. The highest BCUT2D eigenvalue weighted by molar-refractivity contribution is 6.30. The van der Waals surface area contributed by atoms with Crippen molar-refractivity contribution in [3.8, 4) is 11.4 Å². The fourth-order valence-electron chi connectivity index (χ4n) is 2.63. The first kappa shape index (κ1) is 17.2. The number of aromatic nitrogens is 4. The SMILES string of the molecule is CC[C@@](C)(Nc1ccccc1OC)c1nnnn1-c1ccc(Cl)cc1. The van der Waals surface area contributed by atoms with E-state index in [0.717, 1.165) is 23.5 Å². The smallest absolute Gasteiger partial charge is 0.181 e. The van der Waals surface area contributed by atoms with Crippen LogP contribution in [-0.2, 0) is 5.54 Å². The van der Waals surface area contributed by atoms with Crippen molar-refractivity contribution in [2.45, 2.75) is 25.8 Å². The summed E-state index contributed by atoms with van der Waals surface area (Å²) >= 11 is 5.98. The molecule has 0 spiro atoms. The Balaban J connectivity index is 2.01. The number of para-hydroxylation sites is 2. The Morgan fingerprint density at radius 3 is 2.56 bits per heavy atom. The van der Waals surface area contributed by atoms with Gasteiger partial charge in [-0.25, -0.2) is 0 Å². The first-order valence-corrected chi connectivity index (χ1v) is 8.41. The van der Waals surface area contributed by atoms with Crippen LogP contribution in [-0.4, -0.2) is 27.3 Å². The molecule has 0 unspecified atom stereocenters. The molecule has 6 nitrogen and oxygen atoms in total. The van der Waals surface area contributed by atoms with Crippen LogP contribution in [0.15, 0.2) is 48.5 Å². The van der Waals surface area contributed by atoms with E-state index < -0.39 is 5.54 Å². The van der Waals surface area contributed by atoms with Gasteiger partial charge >= 0.3 is 0 Å². The third-order valence-electron chi connectivity index (χ3n) is 4.26. The van der Waals surface area contributed by atoms with E-state index in [2.05, 4.69) is 34.7 Å². The average molecular weight is 358 g/mol. The van der Waals surface area contributed by atoms with E-state index in [1.165, 1.54) is 0 Å². The van der Waals surface area contributed by atoms with E-state index in [0.29, 0.717) is 10.8 Å². The summed E-state index contributed by atoms with van der Waals surface area (Å²) in [6.07, 6.45) is 0.777. The molecule has 0 saturated carbocycles. The molecule has 0 aliphatic carbocycles. The molecule has 7 heteroatoms. The van der Waals surface area contributed by atoms with Crippen molar-refractivity contribution in [1.29, 1.82) is 0 Å². The molecule has 130 valence electrons. The number of rotatable bonds is 6. The first-order chi connectivity index (χ1) is 12.1. The summed E-state index contributed by atoms with van der Waals surface area (Å²) in [7, 11) is 1.65. The number of benzene rings is 2. The topological polar surface area (TPSA) is 64.9 Å². The lowest BCUT2D eigenvalue weighted by atomic mass is 9.96. The van der Waals surface area contributed by atoms with Crippen LogP contribution in [0, 0.1) is 0 Å². The zero-order chi connectivity index (χ0) is 17.9. The average Bonchev–Trinajstić information content (AvgIpc) is 3.13. The number of nitrogens with zero attached hydrogens (tertiary/aromatic N) is 4. The minimum absolute atomic E-state index is 0.488. The highest BCUT2D eigenvalue weighted by Gasteiger charge is 2.32. The number of ether oxygens (including phenoxy) is 1. The van der Waals surface area contributed by atoms with E-state index in [1.807, 2.05) is 48.5 Å². The maximum Gasteiger partial charge on any atom is 0.181 e. The van der Waals surface area contributed by atoms with Gasteiger partial charge < -0.3 is 10.1 Å². The first-order valence-electron chi connectivity index (χ1n) is 8.03. The lowest BCUT2D eigenvalue weighted by Gasteiger charge is -2.30. The van der Waals surface area contributed by atoms with Crippen molar-refractivity contribution in [1.82, 2.24) is 20.2 Å². The Morgan fingerprint density at radius 1 is 1.16 bits per heavy atom.